The number of hydrogen-bond donors (Lipinski definition) is 2. The third-order valence-corrected chi connectivity index (χ3v) is 5.04. The molecule has 0 aromatic carbocycles. The molecule has 19 heavy (non-hydrogen) atoms. The molecule has 1 amide bonds. The van der Waals surface area contributed by atoms with E-state index in [0.717, 1.165) is 37.3 Å². The van der Waals surface area contributed by atoms with Crippen LogP contribution in [0, 0.1) is 17.8 Å². The molecule has 4 atom stereocenters. The summed E-state index contributed by atoms with van der Waals surface area (Å²) in [6.45, 7) is 6.03. The fourth-order valence-electron chi connectivity index (χ4n) is 3.79. The summed E-state index contributed by atoms with van der Waals surface area (Å²) in [6, 6.07) is -0.0410. The van der Waals surface area contributed by atoms with Gasteiger partial charge in [-0.3, -0.25) is 4.79 Å². The largest absolute Gasteiger partial charge is 0.355 e. The van der Waals surface area contributed by atoms with Crippen LogP contribution in [0.3, 0.4) is 0 Å². The van der Waals surface area contributed by atoms with E-state index in [1.165, 1.54) is 38.5 Å². The van der Waals surface area contributed by atoms with Crippen molar-refractivity contribution >= 4 is 5.91 Å². The normalized spacial score (nSPS) is 30.5. The van der Waals surface area contributed by atoms with Crippen molar-refractivity contribution in [1.29, 1.82) is 0 Å². The molecule has 0 aromatic heterocycles. The van der Waals surface area contributed by atoms with Gasteiger partial charge in [0.25, 0.3) is 0 Å². The van der Waals surface area contributed by atoms with Crippen molar-refractivity contribution in [2.24, 2.45) is 17.8 Å². The lowest BCUT2D eigenvalue weighted by atomic mass is 9.89. The number of nitrogens with one attached hydrogen (secondary N) is 2. The standard InChI is InChI=1S/C16H30N2O/c1-3-4-5-8-17-16(19)12(2)18-11-15-10-13-6-7-14(15)9-13/h12-15,18H,3-11H2,1-2H3,(H,17,19). The Labute approximate surface area is 117 Å². The molecule has 2 rings (SSSR count). The molecule has 2 fully saturated rings. The molecule has 110 valence electrons. The SMILES string of the molecule is CCCCCNC(=O)C(C)NCC1CC2CCC1C2. The Hall–Kier alpha value is -0.570. The van der Waals surface area contributed by atoms with E-state index in [1.807, 2.05) is 6.92 Å². The van der Waals surface area contributed by atoms with Crippen LogP contribution in [0.15, 0.2) is 0 Å². The number of rotatable bonds is 8. The average molecular weight is 266 g/mol. The Morgan fingerprint density at radius 2 is 2.11 bits per heavy atom. The van der Waals surface area contributed by atoms with Crippen LogP contribution in [0.5, 0.6) is 0 Å². The number of fused-ring (bicyclic) bond motifs is 2. The number of unbranched alkanes of at least 4 members (excludes halogenated alkanes) is 2. The van der Waals surface area contributed by atoms with E-state index in [2.05, 4.69) is 17.6 Å². The van der Waals surface area contributed by atoms with Crippen molar-refractivity contribution in [2.75, 3.05) is 13.1 Å². The number of amides is 1. The molecule has 3 nitrogen and oxygen atoms in total. The van der Waals surface area contributed by atoms with E-state index in [4.69, 9.17) is 0 Å². The van der Waals surface area contributed by atoms with Crippen molar-refractivity contribution in [2.45, 2.75) is 64.8 Å². The number of carbonyl (C=O) groups is 1. The summed E-state index contributed by atoms with van der Waals surface area (Å²) in [4.78, 5) is 11.9. The zero-order valence-electron chi connectivity index (χ0n) is 12.6. The predicted octanol–water partition coefficient (Wildman–Crippen LogP) is 2.71. The molecular formula is C16H30N2O. The lowest BCUT2D eigenvalue weighted by Gasteiger charge is -2.24. The molecule has 2 saturated carbocycles. The molecule has 0 aromatic rings. The van der Waals surface area contributed by atoms with Gasteiger partial charge in [0, 0.05) is 6.54 Å². The molecule has 0 radical (unpaired) electrons. The lowest BCUT2D eigenvalue weighted by molar-refractivity contribution is -0.122. The van der Waals surface area contributed by atoms with E-state index < -0.39 is 0 Å². The maximum atomic E-state index is 11.9. The minimum absolute atomic E-state index is 0.0410. The molecule has 2 aliphatic rings. The van der Waals surface area contributed by atoms with E-state index in [9.17, 15) is 4.79 Å². The number of hydrogen-bond acceptors (Lipinski definition) is 2. The van der Waals surface area contributed by atoms with Crippen LogP contribution in [0.1, 0.15) is 58.8 Å². The van der Waals surface area contributed by atoms with Gasteiger partial charge in [-0.25, -0.2) is 0 Å². The van der Waals surface area contributed by atoms with Gasteiger partial charge in [0.05, 0.1) is 6.04 Å². The summed E-state index contributed by atoms with van der Waals surface area (Å²) >= 11 is 0. The summed E-state index contributed by atoms with van der Waals surface area (Å²) < 4.78 is 0. The van der Waals surface area contributed by atoms with Gasteiger partial charge in [0.1, 0.15) is 0 Å². The van der Waals surface area contributed by atoms with E-state index in [-0.39, 0.29) is 11.9 Å². The molecule has 4 unspecified atom stereocenters. The van der Waals surface area contributed by atoms with Crippen molar-refractivity contribution in [3.63, 3.8) is 0 Å². The summed E-state index contributed by atoms with van der Waals surface area (Å²) in [5.74, 6) is 2.93. The minimum atomic E-state index is -0.0410. The Balaban J connectivity index is 1.58. The Bertz CT molecular complexity index is 292. The van der Waals surface area contributed by atoms with Crippen LogP contribution in [-0.2, 0) is 4.79 Å². The van der Waals surface area contributed by atoms with E-state index in [0.29, 0.717) is 0 Å². The molecule has 2 N–H and O–H groups in total. The lowest BCUT2D eigenvalue weighted by Crippen LogP contribution is -2.44. The van der Waals surface area contributed by atoms with Gasteiger partial charge < -0.3 is 10.6 Å². The van der Waals surface area contributed by atoms with Crippen LogP contribution in [0.4, 0.5) is 0 Å². The highest BCUT2D eigenvalue weighted by Crippen LogP contribution is 2.47. The number of carbonyl (C=O) groups excluding carboxylic acids is 1. The van der Waals surface area contributed by atoms with Gasteiger partial charge in [-0.2, -0.15) is 0 Å². The van der Waals surface area contributed by atoms with Crippen LogP contribution < -0.4 is 10.6 Å². The minimum Gasteiger partial charge on any atom is -0.355 e. The second-order valence-corrected chi connectivity index (χ2v) is 6.56. The fourth-order valence-corrected chi connectivity index (χ4v) is 3.79. The molecule has 2 bridgehead atoms. The molecule has 0 heterocycles. The summed E-state index contributed by atoms with van der Waals surface area (Å²) in [5, 5.41) is 6.46. The average Bonchev–Trinajstić information content (AvgIpc) is 3.03. The predicted molar refractivity (Wildman–Crippen MR) is 78.9 cm³/mol. The van der Waals surface area contributed by atoms with E-state index in [1.54, 1.807) is 0 Å². The highest BCUT2D eigenvalue weighted by atomic mass is 16.2. The molecule has 3 heteroatoms. The third kappa shape index (κ3) is 4.20. The van der Waals surface area contributed by atoms with Gasteiger partial charge in [0.2, 0.25) is 5.91 Å². The molecular weight excluding hydrogens is 236 g/mol. The van der Waals surface area contributed by atoms with Crippen LogP contribution in [0.25, 0.3) is 0 Å². The zero-order chi connectivity index (χ0) is 13.7. The third-order valence-electron chi connectivity index (χ3n) is 5.04. The smallest absolute Gasteiger partial charge is 0.236 e. The van der Waals surface area contributed by atoms with Gasteiger partial charge in [-0.15, -0.1) is 0 Å². The van der Waals surface area contributed by atoms with Crippen molar-refractivity contribution < 1.29 is 4.79 Å². The van der Waals surface area contributed by atoms with Crippen molar-refractivity contribution in [1.82, 2.24) is 10.6 Å². The van der Waals surface area contributed by atoms with Crippen LogP contribution in [-0.4, -0.2) is 25.0 Å². The fraction of sp³-hybridized carbons (Fsp3) is 0.938. The monoisotopic (exact) mass is 266 g/mol. The molecule has 0 aliphatic heterocycles. The van der Waals surface area contributed by atoms with Crippen LogP contribution >= 0.6 is 0 Å². The maximum absolute atomic E-state index is 11.9. The molecule has 0 saturated heterocycles. The topological polar surface area (TPSA) is 41.1 Å². The van der Waals surface area contributed by atoms with Gasteiger partial charge >= 0.3 is 0 Å². The summed E-state index contributed by atoms with van der Waals surface area (Å²) in [5.41, 5.74) is 0. The highest BCUT2D eigenvalue weighted by Gasteiger charge is 2.39. The molecule has 2 aliphatic carbocycles. The first-order valence-electron chi connectivity index (χ1n) is 8.21. The van der Waals surface area contributed by atoms with Gasteiger partial charge in [0.15, 0.2) is 0 Å². The quantitative estimate of drug-likeness (QED) is 0.663. The Morgan fingerprint density at radius 1 is 1.26 bits per heavy atom. The highest BCUT2D eigenvalue weighted by molar-refractivity contribution is 5.81. The molecule has 0 spiro atoms. The van der Waals surface area contributed by atoms with Gasteiger partial charge in [-0.1, -0.05) is 26.2 Å². The van der Waals surface area contributed by atoms with Crippen LogP contribution in [0.2, 0.25) is 0 Å². The summed E-state index contributed by atoms with van der Waals surface area (Å²) in [7, 11) is 0. The Kier molecular flexibility index (Phi) is 5.68. The first kappa shape index (κ1) is 14.8. The van der Waals surface area contributed by atoms with Crippen molar-refractivity contribution in [3.8, 4) is 0 Å². The maximum Gasteiger partial charge on any atom is 0.236 e. The van der Waals surface area contributed by atoms with E-state index >= 15 is 0 Å². The first-order chi connectivity index (χ1) is 9.20. The van der Waals surface area contributed by atoms with Gasteiger partial charge in [-0.05, 0) is 56.9 Å². The summed E-state index contributed by atoms with van der Waals surface area (Å²) in [6.07, 6.45) is 9.22. The first-order valence-corrected chi connectivity index (χ1v) is 8.21. The van der Waals surface area contributed by atoms with Crippen molar-refractivity contribution in [3.05, 3.63) is 0 Å². The second-order valence-electron chi connectivity index (χ2n) is 6.56. The Morgan fingerprint density at radius 3 is 2.74 bits per heavy atom. The zero-order valence-corrected chi connectivity index (χ0v) is 12.6. The second kappa shape index (κ2) is 7.28.